The molecule has 21 heavy (non-hydrogen) atoms. The molecular formula is C16H18N4O. The molecule has 0 bridgehead atoms. The van der Waals surface area contributed by atoms with E-state index in [-0.39, 0.29) is 5.56 Å². The summed E-state index contributed by atoms with van der Waals surface area (Å²) in [5.74, 6) is 0.493. The third-order valence-electron chi connectivity index (χ3n) is 3.72. The normalized spacial score (nSPS) is 11.0. The summed E-state index contributed by atoms with van der Waals surface area (Å²) in [6.45, 7) is 3.42. The predicted octanol–water partition coefficient (Wildman–Crippen LogP) is 2.29. The van der Waals surface area contributed by atoms with Gasteiger partial charge in [0.05, 0.1) is 0 Å². The second-order valence-electron chi connectivity index (χ2n) is 5.04. The van der Waals surface area contributed by atoms with Crippen molar-refractivity contribution in [2.45, 2.75) is 13.5 Å². The van der Waals surface area contributed by atoms with Gasteiger partial charge >= 0.3 is 0 Å². The molecule has 0 amide bonds. The van der Waals surface area contributed by atoms with Gasteiger partial charge in [0.25, 0.3) is 5.56 Å². The largest absolute Gasteiger partial charge is 0.361 e. The van der Waals surface area contributed by atoms with Gasteiger partial charge in [0.1, 0.15) is 0 Å². The molecule has 3 aromatic rings. The summed E-state index contributed by atoms with van der Waals surface area (Å²) in [5.41, 5.74) is 2.21. The van der Waals surface area contributed by atoms with Crippen LogP contribution in [-0.4, -0.2) is 21.1 Å². The van der Waals surface area contributed by atoms with E-state index >= 15 is 0 Å². The van der Waals surface area contributed by atoms with Crippen molar-refractivity contribution in [1.82, 2.24) is 14.5 Å². The summed E-state index contributed by atoms with van der Waals surface area (Å²) in [6.07, 6.45) is 5.33. The standard InChI is InChI=1S/C16H18N4O/c1-3-20(15-16(21)19(2)9-8-17-15)11-12-10-18-14-7-5-4-6-13(12)14/h4-10,18H,3,11H2,1-2H3. The minimum absolute atomic E-state index is 0.0702. The van der Waals surface area contributed by atoms with Gasteiger partial charge < -0.3 is 14.5 Å². The number of nitrogens with zero attached hydrogens (tertiary/aromatic N) is 3. The molecule has 0 saturated heterocycles. The lowest BCUT2D eigenvalue weighted by molar-refractivity contribution is 0.767. The third-order valence-corrected chi connectivity index (χ3v) is 3.72. The van der Waals surface area contributed by atoms with Crippen LogP contribution < -0.4 is 10.5 Å². The van der Waals surface area contributed by atoms with E-state index in [1.807, 2.05) is 30.2 Å². The number of aromatic amines is 1. The van der Waals surface area contributed by atoms with Gasteiger partial charge in [-0.05, 0) is 18.6 Å². The molecule has 3 rings (SSSR count). The Morgan fingerprint density at radius 1 is 1.33 bits per heavy atom. The predicted molar refractivity (Wildman–Crippen MR) is 84.5 cm³/mol. The summed E-state index contributed by atoms with van der Waals surface area (Å²) >= 11 is 0. The van der Waals surface area contributed by atoms with Gasteiger partial charge in [-0.1, -0.05) is 18.2 Å². The van der Waals surface area contributed by atoms with E-state index in [0.717, 1.165) is 12.1 Å². The van der Waals surface area contributed by atoms with Crippen molar-refractivity contribution in [2.75, 3.05) is 11.4 Å². The summed E-state index contributed by atoms with van der Waals surface area (Å²) in [4.78, 5) is 21.7. The zero-order chi connectivity index (χ0) is 14.8. The maximum atomic E-state index is 12.2. The molecule has 2 aromatic heterocycles. The Kier molecular flexibility index (Phi) is 3.48. The van der Waals surface area contributed by atoms with Crippen LogP contribution in [0.4, 0.5) is 5.82 Å². The zero-order valence-corrected chi connectivity index (χ0v) is 12.2. The SMILES string of the molecule is CCN(Cc1c[nH]c2ccccc12)c1nccn(C)c1=O. The highest BCUT2D eigenvalue weighted by atomic mass is 16.1. The minimum Gasteiger partial charge on any atom is -0.361 e. The lowest BCUT2D eigenvalue weighted by Gasteiger charge is -2.21. The van der Waals surface area contributed by atoms with Gasteiger partial charge in [-0.25, -0.2) is 4.98 Å². The second kappa shape index (κ2) is 5.44. The molecule has 0 aliphatic rings. The van der Waals surface area contributed by atoms with Crippen LogP contribution in [0.1, 0.15) is 12.5 Å². The number of H-pyrrole nitrogens is 1. The molecule has 0 atom stereocenters. The van der Waals surface area contributed by atoms with Crippen molar-refractivity contribution in [3.8, 4) is 0 Å². The number of aryl methyl sites for hydroxylation is 1. The van der Waals surface area contributed by atoms with E-state index in [4.69, 9.17) is 0 Å². The average molecular weight is 282 g/mol. The Bertz CT molecular complexity index is 818. The number of rotatable bonds is 4. The molecule has 0 fully saturated rings. The topological polar surface area (TPSA) is 53.9 Å². The second-order valence-corrected chi connectivity index (χ2v) is 5.04. The smallest absolute Gasteiger partial charge is 0.293 e. The fourth-order valence-electron chi connectivity index (χ4n) is 2.51. The monoisotopic (exact) mass is 282 g/mol. The highest BCUT2D eigenvalue weighted by Gasteiger charge is 2.13. The van der Waals surface area contributed by atoms with Crippen LogP contribution in [0.5, 0.6) is 0 Å². The summed E-state index contributed by atoms with van der Waals surface area (Å²) in [6, 6.07) is 8.17. The van der Waals surface area contributed by atoms with Crippen LogP contribution in [0.25, 0.3) is 10.9 Å². The van der Waals surface area contributed by atoms with Crippen LogP contribution in [-0.2, 0) is 13.6 Å². The van der Waals surface area contributed by atoms with Crippen LogP contribution >= 0.6 is 0 Å². The fraction of sp³-hybridized carbons (Fsp3) is 0.250. The first-order chi connectivity index (χ1) is 10.2. The van der Waals surface area contributed by atoms with Gasteiger partial charge in [-0.2, -0.15) is 0 Å². The quantitative estimate of drug-likeness (QED) is 0.799. The van der Waals surface area contributed by atoms with Crippen LogP contribution in [0, 0.1) is 0 Å². The first kappa shape index (κ1) is 13.4. The molecule has 0 aliphatic heterocycles. The van der Waals surface area contributed by atoms with Crippen LogP contribution in [0.15, 0.2) is 47.7 Å². The molecule has 0 unspecified atom stereocenters. The van der Waals surface area contributed by atoms with Crippen molar-refractivity contribution in [2.24, 2.45) is 7.05 Å². The Morgan fingerprint density at radius 2 is 2.14 bits per heavy atom. The Hall–Kier alpha value is -2.56. The first-order valence-electron chi connectivity index (χ1n) is 7.02. The van der Waals surface area contributed by atoms with Gasteiger partial charge in [0.2, 0.25) is 0 Å². The molecule has 2 heterocycles. The summed E-state index contributed by atoms with van der Waals surface area (Å²) < 4.78 is 1.56. The first-order valence-corrected chi connectivity index (χ1v) is 7.02. The molecule has 0 radical (unpaired) electrons. The number of benzene rings is 1. The summed E-state index contributed by atoms with van der Waals surface area (Å²) in [7, 11) is 1.74. The third kappa shape index (κ3) is 2.42. The molecule has 0 aliphatic carbocycles. The Balaban J connectivity index is 1.98. The van der Waals surface area contributed by atoms with Gasteiger partial charge in [0, 0.05) is 49.6 Å². The molecular weight excluding hydrogens is 264 g/mol. The molecule has 108 valence electrons. The van der Waals surface area contributed by atoms with Crippen LogP contribution in [0.3, 0.4) is 0 Å². The number of fused-ring (bicyclic) bond motifs is 1. The van der Waals surface area contributed by atoms with E-state index < -0.39 is 0 Å². The minimum atomic E-state index is -0.0702. The Morgan fingerprint density at radius 3 is 2.95 bits per heavy atom. The lowest BCUT2D eigenvalue weighted by Crippen LogP contribution is -2.31. The maximum Gasteiger partial charge on any atom is 0.293 e. The molecule has 0 saturated carbocycles. The molecule has 0 spiro atoms. The number of nitrogens with one attached hydrogen (secondary N) is 1. The van der Waals surface area contributed by atoms with Crippen molar-refractivity contribution in [3.05, 3.63) is 58.8 Å². The Labute approximate surface area is 122 Å². The zero-order valence-electron chi connectivity index (χ0n) is 12.2. The maximum absolute atomic E-state index is 12.2. The van der Waals surface area contributed by atoms with E-state index in [0.29, 0.717) is 12.4 Å². The average Bonchev–Trinajstić information content (AvgIpc) is 2.91. The summed E-state index contributed by atoms with van der Waals surface area (Å²) in [5, 5.41) is 1.18. The highest BCUT2D eigenvalue weighted by molar-refractivity contribution is 5.83. The number of hydrogen-bond donors (Lipinski definition) is 1. The lowest BCUT2D eigenvalue weighted by atomic mass is 10.1. The number of aromatic nitrogens is 3. The number of hydrogen-bond acceptors (Lipinski definition) is 3. The van der Waals surface area contributed by atoms with E-state index in [1.165, 1.54) is 10.9 Å². The van der Waals surface area contributed by atoms with Crippen molar-refractivity contribution in [1.29, 1.82) is 0 Å². The van der Waals surface area contributed by atoms with Gasteiger partial charge in [-0.3, -0.25) is 4.79 Å². The van der Waals surface area contributed by atoms with Crippen molar-refractivity contribution < 1.29 is 0 Å². The van der Waals surface area contributed by atoms with Gasteiger partial charge in [0.15, 0.2) is 5.82 Å². The molecule has 5 nitrogen and oxygen atoms in total. The molecule has 1 N–H and O–H groups in total. The number of anilines is 1. The highest BCUT2D eigenvalue weighted by Crippen LogP contribution is 2.20. The molecule has 1 aromatic carbocycles. The van der Waals surface area contributed by atoms with E-state index in [1.54, 1.807) is 24.0 Å². The number of para-hydroxylation sites is 1. The van der Waals surface area contributed by atoms with Crippen molar-refractivity contribution >= 4 is 16.7 Å². The van der Waals surface area contributed by atoms with Gasteiger partial charge in [-0.15, -0.1) is 0 Å². The molecule has 5 heteroatoms. The fourth-order valence-corrected chi connectivity index (χ4v) is 2.51. The van der Waals surface area contributed by atoms with E-state index in [2.05, 4.69) is 22.1 Å². The van der Waals surface area contributed by atoms with E-state index in [9.17, 15) is 4.79 Å². The van der Waals surface area contributed by atoms with Crippen LogP contribution in [0.2, 0.25) is 0 Å². The van der Waals surface area contributed by atoms with Crippen molar-refractivity contribution in [3.63, 3.8) is 0 Å².